The second kappa shape index (κ2) is 5.48. The van der Waals surface area contributed by atoms with Crippen molar-refractivity contribution in [1.82, 2.24) is 4.72 Å². The Kier molecular flexibility index (Phi) is 3.43. The number of nitrogens with one attached hydrogen (secondary N) is 1. The molecule has 0 heterocycles. The van der Waals surface area contributed by atoms with Gasteiger partial charge in [0.05, 0.1) is 4.90 Å². The number of benzene rings is 3. The minimum absolute atomic E-state index is 0.298. The highest BCUT2D eigenvalue weighted by atomic mass is 32.2. The van der Waals surface area contributed by atoms with Crippen LogP contribution >= 0.6 is 0 Å². The molecule has 4 heteroatoms. The zero-order valence-electron chi connectivity index (χ0n) is 12.6. The van der Waals surface area contributed by atoms with Crippen molar-refractivity contribution in [3.63, 3.8) is 0 Å². The van der Waals surface area contributed by atoms with Crippen molar-refractivity contribution in [2.45, 2.75) is 24.3 Å². The highest BCUT2D eigenvalue weighted by Crippen LogP contribution is 2.34. The number of aryl methyl sites for hydroxylation is 2. The van der Waals surface area contributed by atoms with E-state index in [4.69, 9.17) is 0 Å². The lowest BCUT2D eigenvalue weighted by molar-refractivity contribution is 0.582. The Morgan fingerprint density at radius 2 is 1.57 bits per heavy atom. The molecule has 0 atom stereocenters. The summed E-state index contributed by atoms with van der Waals surface area (Å²) >= 11 is 0. The summed E-state index contributed by atoms with van der Waals surface area (Å²) in [6, 6.07) is 19.2. The van der Waals surface area contributed by atoms with E-state index in [1.54, 1.807) is 6.07 Å². The van der Waals surface area contributed by atoms with Gasteiger partial charge in [0.25, 0.3) is 0 Å². The molecule has 1 aliphatic rings. The van der Waals surface area contributed by atoms with Gasteiger partial charge in [-0.15, -0.1) is 0 Å². The standard InChI is InChI=1S/C19H17NO2S/c21-23(22,20-13-14-5-2-1-3-6-14)18-12-11-16-10-9-15-7-4-8-17(18)19(15)16/h1-8,11-12,20H,9-10,13H2. The molecule has 4 rings (SSSR count). The van der Waals surface area contributed by atoms with Crippen LogP contribution in [0.5, 0.6) is 0 Å². The summed E-state index contributed by atoms with van der Waals surface area (Å²) in [7, 11) is -3.54. The summed E-state index contributed by atoms with van der Waals surface area (Å²) in [6.07, 6.45) is 1.99. The second-order valence-corrected chi connectivity index (χ2v) is 7.61. The molecular formula is C19H17NO2S. The average Bonchev–Trinajstić information content (AvgIpc) is 3.00. The van der Waals surface area contributed by atoms with E-state index in [2.05, 4.69) is 10.8 Å². The van der Waals surface area contributed by atoms with E-state index < -0.39 is 10.0 Å². The fourth-order valence-electron chi connectivity index (χ4n) is 3.31. The van der Waals surface area contributed by atoms with E-state index >= 15 is 0 Å². The van der Waals surface area contributed by atoms with Crippen molar-refractivity contribution < 1.29 is 8.42 Å². The van der Waals surface area contributed by atoms with Crippen LogP contribution in [0.4, 0.5) is 0 Å². The van der Waals surface area contributed by atoms with Gasteiger partial charge in [0, 0.05) is 11.9 Å². The Morgan fingerprint density at radius 1 is 0.826 bits per heavy atom. The number of hydrogen-bond donors (Lipinski definition) is 1. The SMILES string of the molecule is O=S(=O)(NCc1ccccc1)c1ccc2c3c(cccc13)CC2. The van der Waals surface area contributed by atoms with Crippen LogP contribution in [-0.2, 0) is 29.4 Å². The molecular weight excluding hydrogens is 306 g/mol. The van der Waals surface area contributed by atoms with Crippen molar-refractivity contribution in [1.29, 1.82) is 0 Å². The van der Waals surface area contributed by atoms with Crippen molar-refractivity contribution in [2.75, 3.05) is 0 Å². The Morgan fingerprint density at radius 3 is 2.35 bits per heavy atom. The molecule has 0 saturated carbocycles. The molecule has 0 bridgehead atoms. The van der Waals surface area contributed by atoms with Crippen LogP contribution in [0.1, 0.15) is 16.7 Å². The highest BCUT2D eigenvalue weighted by Gasteiger charge is 2.22. The van der Waals surface area contributed by atoms with E-state index in [1.165, 1.54) is 11.1 Å². The molecule has 0 saturated heterocycles. The number of rotatable bonds is 4. The average molecular weight is 323 g/mol. The summed E-state index contributed by atoms with van der Waals surface area (Å²) in [5.74, 6) is 0. The number of hydrogen-bond acceptors (Lipinski definition) is 2. The van der Waals surface area contributed by atoms with Gasteiger partial charge in [0.15, 0.2) is 0 Å². The molecule has 0 unspecified atom stereocenters. The maximum Gasteiger partial charge on any atom is 0.241 e. The van der Waals surface area contributed by atoms with E-state index in [1.807, 2.05) is 48.5 Å². The van der Waals surface area contributed by atoms with E-state index in [0.717, 1.165) is 29.2 Å². The Balaban J connectivity index is 1.74. The largest absolute Gasteiger partial charge is 0.241 e. The van der Waals surface area contributed by atoms with Gasteiger partial charge in [0.1, 0.15) is 0 Å². The molecule has 0 fully saturated rings. The summed E-state index contributed by atoms with van der Waals surface area (Å²) in [4.78, 5) is 0.371. The van der Waals surface area contributed by atoms with Gasteiger partial charge in [-0.1, -0.05) is 54.6 Å². The highest BCUT2D eigenvalue weighted by molar-refractivity contribution is 7.89. The molecule has 116 valence electrons. The normalized spacial score (nSPS) is 13.6. The summed E-state index contributed by atoms with van der Waals surface area (Å²) in [6.45, 7) is 0.298. The Hall–Kier alpha value is -2.17. The molecule has 0 aliphatic heterocycles. The van der Waals surface area contributed by atoms with Gasteiger partial charge in [0.2, 0.25) is 10.0 Å². The van der Waals surface area contributed by atoms with Crippen LogP contribution in [0.15, 0.2) is 65.6 Å². The first-order valence-electron chi connectivity index (χ1n) is 7.72. The topological polar surface area (TPSA) is 46.2 Å². The predicted octanol–water partition coefficient (Wildman–Crippen LogP) is 3.42. The lowest BCUT2D eigenvalue weighted by atomic mass is 10.1. The van der Waals surface area contributed by atoms with Gasteiger partial charge in [-0.25, -0.2) is 13.1 Å². The molecule has 3 aromatic rings. The van der Waals surface area contributed by atoms with Crippen LogP contribution in [0.25, 0.3) is 10.8 Å². The Bertz CT molecular complexity index is 969. The van der Waals surface area contributed by atoms with Crippen molar-refractivity contribution in [2.24, 2.45) is 0 Å². The molecule has 1 N–H and O–H groups in total. The smallest absolute Gasteiger partial charge is 0.207 e. The zero-order chi connectivity index (χ0) is 15.9. The molecule has 3 nitrogen and oxygen atoms in total. The van der Waals surface area contributed by atoms with E-state index in [0.29, 0.717) is 11.4 Å². The van der Waals surface area contributed by atoms with E-state index in [9.17, 15) is 8.42 Å². The molecule has 0 amide bonds. The van der Waals surface area contributed by atoms with Gasteiger partial charge in [-0.3, -0.25) is 0 Å². The van der Waals surface area contributed by atoms with Crippen LogP contribution in [0.3, 0.4) is 0 Å². The second-order valence-electron chi connectivity index (χ2n) is 5.87. The predicted molar refractivity (Wildman–Crippen MR) is 91.8 cm³/mol. The lowest BCUT2D eigenvalue weighted by Gasteiger charge is -2.11. The fraction of sp³-hybridized carbons (Fsp3) is 0.158. The van der Waals surface area contributed by atoms with Crippen LogP contribution < -0.4 is 4.72 Å². The third-order valence-electron chi connectivity index (χ3n) is 4.44. The molecule has 0 aromatic heterocycles. The maximum absolute atomic E-state index is 12.8. The van der Waals surface area contributed by atoms with E-state index in [-0.39, 0.29) is 0 Å². The molecule has 23 heavy (non-hydrogen) atoms. The summed E-state index contributed by atoms with van der Waals surface area (Å²) < 4.78 is 28.2. The van der Waals surface area contributed by atoms with Crippen molar-refractivity contribution >= 4 is 20.8 Å². The van der Waals surface area contributed by atoms with Gasteiger partial charge >= 0.3 is 0 Å². The first-order valence-corrected chi connectivity index (χ1v) is 9.20. The first kappa shape index (κ1) is 14.4. The zero-order valence-corrected chi connectivity index (χ0v) is 13.4. The van der Waals surface area contributed by atoms with Crippen LogP contribution in [0, 0.1) is 0 Å². The quantitative estimate of drug-likeness (QED) is 0.800. The molecule has 0 radical (unpaired) electrons. The first-order chi connectivity index (χ1) is 11.1. The maximum atomic E-state index is 12.8. The summed E-state index contributed by atoms with van der Waals surface area (Å²) in [5, 5.41) is 1.95. The van der Waals surface area contributed by atoms with Crippen LogP contribution in [0.2, 0.25) is 0 Å². The monoisotopic (exact) mass is 323 g/mol. The molecule has 1 aliphatic carbocycles. The lowest BCUT2D eigenvalue weighted by Crippen LogP contribution is -2.23. The van der Waals surface area contributed by atoms with Crippen LogP contribution in [-0.4, -0.2) is 8.42 Å². The number of sulfonamides is 1. The van der Waals surface area contributed by atoms with Gasteiger partial charge in [-0.05, 0) is 41.0 Å². The summed E-state index contributed by atoms with van der Waals surface area (Å²) in [5.41, 5.74) is 3.44. The third-order valence-corrected chi connectivity index (χ3v) is 5.89. The third kappa shape index (κ3) is 2.54. The Labute approximate surface area is 136 Å². The molecule has 3 aromatic carbocycles. The van der Waals surface area contributed by atoms with Crippen molar-refractivity contribution in [3.8, 4) is 0 Å². The fourth-order valence-corrected chi connectivity index (χ4v) is 4.53. The molecule has 0 spiro atoms. The van der Waals surface area contributed by atoms with Gasteiger partial charge in [-0.2, -0.15) is 0 Å². The minimum atomic E-state index is -3.54. The van der Waals surface area contributed by atoms with Crippen molar-refractivity contribution in [3.05, 3.63) is 77.4 Å². The van der Waals surface area contributed by atoms with Gasteiger partial charge < -0.3 is 0 Å². The minimum Gasteiger partial charge on any atom is -0.207 e.